The Balaban J connectivity index is 2.07. The summed E-state index contributed by atoms with van der Waals surface area (Å²) in [4.78, 5) is 22.5. The molecule has 0 aromatic heterocycles. The van der Waals surface area contributed by atoms with Gasteiger partial charge < -0.3 is 10.4 Å². The predicted molar refractivity (Wildman–Crippen MR) is 63.5 cm³/mol. The van der Waals surface area contributed by atoms with Crippen LogP contribution in [0.2, 0.25) is 0 Å². The van der Waals surface area contributed by atoms with Crippen LogP contribution in [-0.4, -0.2) is 23.0 Å². The van der Waals surface area contributed by atoms with Crippen LogP contribution in [0.4, 0.5) is 0 Å². The highest BCUT2D eigenvalue weighted by Gasteiger charge is 2.35. The lowest BCUT2D eigenvalue weighted by atomic mass is 9.83. The number of rotatable bonds is 3. The second kappa shape index (κ2) is 5.52. The van der Waals surface area contributed by atoms with Gasteiger partial charge in [-0.3, -0.25) is 9.59 Å². The molecule has 1 amide bonds. The molecule has 1 saturated heterocycles. The van der Waals surface area contributed by atoms with Gasteiger partial charge in [-0.15, -0.1) is 0 Å². The van der Waals surface area contributed by atoms with Gasteiger partial charge >= 0.3 is 5.97 Å². The van der Waals surface area contributed by atoms with Crippen molar-refractivity contribution in [2.24, 2.45) is 11.8 Å². The Bertz CT molecular complexity index is 297. The highest BCUT2D eigenvalue weighted by molar-refractivity contribution is 5.76. The topological polar surface area (TPSA) is 66.4 Å². The van der Waals surface area contributed by atoms with Gasteiger partial charge in [-0.2, -0.15) is 0 Å². The van der Waals surface area contributed by atoms with Crippen molar-refractivity contribution in [3.63, 3.8) is 0 Å². The standard InChI is InChI=1S/C13H21NO3/c15-11-7-3-6-10(8-12(16)17)13(14-11)9-4-1-2-5-9/h9-10,13H,1-8H2,(H,14,15)(H,16,17)/t10-,13-/m1/s1. The van der Waals surface area contributed by atoms with Crippen LogP contribution in [0.5, 0.6) is 0 Å². The average molecular weight is 239 g/mol. The fourth-order valence-electron chi connectivity index (χ4n) is 3.35. The first-order chi connectivity index (χ1) is 8.16. The van der Waals surface area contributed by atoms with Crippen molar-refractivity contribution in [1.29, 1.82) is 0 Å². The number of carbonyl (C=O) groups excluding carboxylic acids is 1. The zero-order valence-electron chi connectivity index (χ0n) is 10.2. The molecule has 17 heavy (non-hydrogen) atoms. The van der Waals surface area contributed by atoms with Crippen LogP contribution in [-0.2, 0) is 9.59 Å². The van der Waals surface area contributed by atoms with E-state index in [1.165, 1.54) is 12.8 Å². The minimum atomic E-state index is -0.742. The molecule has 0 unspecified atom stereocenters. The summed E-state index contributed by atoms with van der Waals surface area (Å²) in [5.74, 6) is -0.00705. The molecule has 1 aliphatic carbocycles. The molecule has 0 radical (unpaired) electrons. The van der Waals surface area contributed by atoms with Gasteiger partial charge in [0.2, 0.25) is 5.91 Å². The smallest absolute Gasteiger partial charge is 0.303 e. The molecule has 1 heterocycles. The van der Waals surface area contributed by atoms with E-state index in [0.717, 1.165) is 25.7 Å². The summed E-state index contributed by atoms with van der Waals surface area (Å²) < 4.78 is 0. The van der Waals surface area contributed by atoms with Gasteiger partial charge in [-0.05, 0) is 37.5 Å². The number of aliphatic carboxylic acids is 1. The molecule has 4 nitrogen and oxygen atoms in total. The number of carboxylic acid groups (broad SMARTS) is 1. The first-order valence-electron chi connectivity index (χ1n) is 6.68. The Morgan fingerprint density at radius 1 is 1.24 bits per heavy atom. The van der Waals surface area contributed by atoms with Gasteiger partial charge in [0.05, 0.1) is 6.42 Å². The molecule has 0 aromatic rings. The van der Waals surface area contributed by atoms with Crippen molar-refractivity contribution in [3.8, 4) is 0 Å². The molecule has 2 rings (SSSR count). The van der Waals surface area contributed by atoms with Crippen LogP contribution >= 0.6 is 0 Å². The van der Waals surface area contributed by atoms with Crippen molar-refractivity contribution < 1.29 is 14.7 Å². The molecule has 2 aliphatic rings. The summed E-state index contributed by atoms with van der Waals surface area (Å²) >= 11 is 0. The molecule has 0 bridgehead atoms. The third-order valence-corrected chi connectivity index (χ3v) is 4.16. The minimum absolute atomic E-state index is 0.101. The Labute approximate surface area is 102 Å². The molecule has 0 spiro atoms. The van der Waals surface area contributed by atoms with E-state index >= 15 is 0 Å². The average Bonchev–Trinajstić information content (AvgIpc) is 2.71. The highest BCUT2D eigenvalue weighted by atomic mass is 16.4. The summed E-state index contributed by atoms with van der Waals surface area (Å²) in [7, 11) is 0. The summed E-state index contributed by atoms with van der Waals surface area (Å²) in [5, 5.41) is 12.0. The van der Waals surface area contributed by atoms with E-state index in [0.29, 0.717) is 12.3 Å². The van der Waals surface area contributed by atoms with E-state index in [4.69, 9.17) is 5.11 Å². The summed E-state index contributed by atoms with van der Waals surface area (Å²) in [6.07, 6.45) is 7.16. The first-order valence-corrected chi connectivity index (χ1v) is 6.68. The molecule has 96 valence electrons. The summed E-state index contributed by atoms with van der Waals surface area (Å²) in [5.41, 5.74) is 0. The van der Waals surface area contributed by atoms with E-state index in [-0.39, 0.29) is 24.3 Å². The zero-order chi connectivity index (χ0) is 12.3. The molecule has 2 fully saturated rings. The van der Waals surface area contributed by atoms with Crippen LogP contribution < -0.4 is 5.32 Å². The van der Waals surface area contributed by atoms with E-state index in [2.05, 4.69) is 5.32 Å². The normalized spacial score (nSPS) is 30.9. The van der Waals surface area contributed by atoms with Crippen LogP contribution in [0.25, 0.3) is 0 Å². The van der Waals surface area contributed by atoms with Gasteiger partial charge in [0.1, 0.15) is 0 Å². The Morgan fingerprint density at radius 2 is 1.94 bits per heavy atom. The Kier molecular flexibility index (Phi) is 4.02. The zero-order valence-corrected chi connectivity index (χ0v) is 10.2. The molecule has 1 aliphatic heterocycles. The van der Waals surface area contributed by atoms with Gasteiger partial charge in [0.15, 0.2) is 0 Å². The quantitative estimate of drug-likeness (QED) is 0.791. The third-order valence-electron chi connectivity index (χ3n) is 4.16. The van der Waals surface area contributed by atoms with E-state index in [1.807, 2.05) is 0 Å². The van der Waals surface area contributed by atoms with Crippen molar-refractivity contribution in [2.75, 3.05) is 0 Å². The first kappa shape index (κ1) is 12.4. The Hall–Kier alpha value is -1.06. The van der Waals surface area contributed by atoms with Crippen molar-refractivity contribution >= 4 is 11.9 Å². The molecular weight excluding hydrogens is 218 g/mol. The molecule has 4 heteroatoms. The molecule has 2 N–H and O–H groups in total. The second-order valence-electron chi connectivity index (χ2n) is 5.39. The second-order valence-corrected chi connectivity index (χ2v) is 5.39. The lowest BCUT2D eigenvalue weighted by Gasteiger charge is -2.29. The van der Waals surface area contributed by atoms with Crippen molar-refractivity contribution in [3.05, 3.63) is 0 Å². The Morgan fingerprint density at radius 3 is 2.59 bits per heavy atom. The maximum absolute atomic E-state index is 11.6. The fourth-order valence-corrected chi connectivity index (χ4v) is 3.35. The van der Waals surface area contributed by atoms with Crippen LogP contribution in [0.1, 0.15) is 51.4 Å². The molecule has 0 aromatic carbocycles. The van der Waals surface area contributed by atoms with Crippen molar-refractivity contribution in [1.82, 2.24) is 5.32 Å². The highest BCUT2D eigenvalue weighted by Crippen LogP contribution is 2.34. The minimum Gasteiger partial charge on any atom is -0.481 e. The monoisotopic (exact) mass is 239 g/mol. The summed E-state index contributed by atoms with van der Waals surface area (Å²) in [6, 6.07) is 0.101. The number of carbonyl (C=O) groups is 2. The van der Waals surface area contributed by atoms with Crippen LogP contribution in [0.3, 0.4) is 0 Å². The van der Waals surface area contributed by atoms with Gasteiger partial charge in [-0.1, -0.05) is 12.8 Å². The van der Waals surface area contributed by atoms with Crippen molar-refractivity contribution in [2.45, 2.75) is 57.4 Å². The van der Waals surface area contributed by atoms with Gasteiger partial charge in [-0.25, -0.2) is 0 Å². The van der Waals surface area contributed by atoms with Crippen LogP contribution in [0.15, 0.2) is 0 Å². The lowest BCUT2D eigenvalue weighted by molar-refractivity contribution is -0.138. The van der Waals surface area contributed by atoms with Gasteiger partial charge in [0.25, 0.3) is 0 Å². The van der Waals surface area contributed by atoms with E-state index in [9.17, 15) is 9.59 Å². The number of nitrogens with one attached hydrogen (secondary N) is 1. The maximum atomic E-state index is 11.6. The predicted octanol–water partition coefficient (Wildman–Crippen LogP) is 1.94. The lowest BCUT2D eigenvalue weighted by Crippen LogP contribution is -2.43. The fraction of sp³-hybridized carbons (Fsp3) is 0.846. The number of carboxylic acids is 1. The largest absolute Gasteiger partial charge is 0.481 e. The third kappa shape index (κ3) is 3.20. The number of hydrogen-bond acceptors (Lipinski definition) is 2. The molecular formula is C13H21NO3. The van der Waals surface area contributed by atoms with Crippen LogP contribution in [0, 0.1) is 11.8 Å². The summed E-state index contributed by atoms with van der Waals surface area (Å²) in [6.45, 7) is 0. The van der Waals surface area contributed by atoms with Gasteiger partial charge in [0, 0.05) is 12.5 Å². The molecule has 2 atom stereocenters. The number of hydrogen-bond donors (Lipinski definition) is 2. The molecule has 1 saturated carbocycles. The SMILES string of the molecule is O=C(O)C[C@H]1CCCC(=O)N[C@@H]1C1CCCC1. The number of amides is 1. The maximum Gasteiger partial charge on any atom is 0.303 e. The van der Waals surface area contributed by atoms with E-state index in [1.54, 1.807) is 0 Å². The van der Waals surface area contributed by atoms with E-state index < -0.39 is 5.97 Å².